The standard InChI is InChI=1S/C21H20ClN3OS/c22-19(16-6-2-1-3-7-16)20(26)23-17-10-8-15(9-11-17)18-14-27-21(24-18)25-12-4-5-13-25/h1-3,6-11,14,19H,4-5,12-13H2,(H,23,26). The van der Waals surface area contributed by atoms with E-state index < -0.39 is 5.38 Å². The zero-order valence-electron chi connectivity index (χ0n) is 14.8. The summed E-state index contributed by atoms with van der Waals surface area (Å²) in [5, 5.41) is 5.34. The Morgan fingerprint density at radius 1 is 1.07 bits per heavy atom. The van der Waals surface area contributed by atoms with E-state index in [2.05, 4.69) is 15.6 Å². The Morgan fingerprint density at radius 2 is 1.78 bits per heavy atom. The summed E-state index contributed by atoms with van der Waals surface area (Å²) in [6.45, 7) is 2.19. The van der Waals surface area contributed by atoms with Crippen LogP contribution >= 0.6 is 22.9 Å². The number of rotatable bonds is 5. The van der Waals surface area contributed by atoms with Crippen molar-refractivity contribution in [3.8, 4) is 11.3 Å². The highest BCUT2D eigenvalue weighted by Gasteiger charge is 2.18. The first-order valence-corrected chi connectivity index (χ1v) is 10.3. The van der Waals surface area contributed by atoms with Gasteiger partial charge in [0.05, 0.1) is 5.69 Å². The second-order valence-electron chi connectivity index (χ2n) is 6.55. The average Bonchev–Trinajstić information content (AvgIpc) is 3.40. The monoisotopic (exact) mass is 397 g/mol. The Bertz CT molecular complexity index is 905. The number of carbonyl (C=O) groups is 1. The van der Waals surface area contributed by atoms with E-state index in [4.69, 9.17) is 16.6 Å². The number of nitrogens with one attached hydrogen (secondary N) is 1. The number of halogens is 1. The lowest BCUT2D eigenvalue weighted by molar-refractivity contribution is -0.116. The minimum atomic E-state index is -0.715. The molecule has 2 aromatic carbocycles. The number of hydrogen-bond donors (Lipinski definition) is 1. The van der Waals surface area contributed by atoms with E-state index in [0.29, 0.717) is 0 Å². The van der Waals surface area contributed by atoms with Crippen LogP contribution in [-0.4, -0.2) is 24.0 Å². The molecule has 2 heterocycles. The van der Waals surface area contributed by atoms with E-state index in [9.17, 15) is 4.79 Å². The first-order valence-electron chi connectivity index (χ1n) is 9.01. The van der Waals surface area contributed by atoms with E-state index in [1.54, 1.807) is 11.3 Å². The van der Waals surface area contributed by atoms with Gasteiger partial charge in [0, 0.05) is 29.7 Å². The molecule has 1 amide bonds. The molecule has 4 rings (SSSR count). The average molecular weight is 398 g/mol. The van der Waals surface area contributed by atoms with Gasteiger partial charge in [-0.3, -0.25) is 4.79 Å². The lowest BCUT2D eigenvalue weighted by Crippen LogP contribution is -2.17. The van der Waals surface area contributed by atoms with Gasteiger partial charge in [0.25, 0.3) is 0 Å². The van der Waals surface area contributed by atoms with Gasteiger partial charge >= 0.3 is 0 Å². The molecule has 1 atom stereocenters. The summed E-state index contributed by atoms with van der Waals surface area (Å²) >= 11 is 7.96. The maximum absolute atomic E-state index is 12.4. The summed E-state index contributed by atoms with van der Waals surface area (Å²) < 4.78 is 0. The third kappa shape index (κ3) is 4.15. The number of anilines is 2. The highest BCUT2D eigenvalue weighted by Crippen LogP contribution is 2.30. The maximum Gasteiger partial charge on any atom is 0.246 e. The van der Waals surface area contributed by atoms with Gasteiger partial charge in [0.2, 0.25) is 5.91 Å². The Balaban J connectivity index is 1.42. The number of amides is 1. The smallest absolute Gasteiger partial charge is 0.246 e. The van der Waals surface area contributed by atoms with Crippen molar-refractivity contribution < 1.29 is 4.79 Å². The third-order valence-electron chi connectivity index (χ3n) is 4.64. The number of aromatic nitrogens is 1. The predicted octanol–water partition coefficient (Wildman–Crippen LogP) is 5.33. The van der Waals surface area contributed by atoms with E-state index in [1.807, 2.05) is 54.6 Å². The first kappa shape index (κ1) is 18.0. The topological polar surface area (TPSA) is 45.2 Å². The molecule has 138 valence electrons. The second kappa shape index (κ2) is 8.11. The van der Waals surface area contributed by atoms with Gasteiger partial charge in [-0.2, -0.15) is 0 Å². The molecule has 1 saturated heterocycles. The zero-order chi connectivity index (χ0) is 18.6. The molecule has 3 aromatic rings. The fourth-order valence-corrected chi connectivity index (χ4v) is 4.24. The van der Waals surface area contributed by atoms with Crippen LogP contribution in [-0.2, 0) is 4.79 Å². The van der Waals surface area contributed by atoms with Crippen molar-refractivity contribution in [2.24, 2.45) is 0 Å². The van der Waals surface area contributed by atoms with Crippen molar-refractivity contribution in [3.63, 3.8) is 0 Å². The van der Waals surface area contributed by atoms with Crippen LogP contribution in [0, 0.1) is 0 Å². The van der Waals surface area contributed by atoms with Crippen molar-refractivity contribution in [2.75, 3.05) is 23.3 Å². The second-order valence-corrected chi connectivity index (χ2v) is 7.82. The molecule has 1 fully saturated rings. The Hall–Kier alpha value is -2.37. The van der Waals surface area contributed by atoms with E-state index in [-0.39, 0.29) is 5.91 Å². The zero-order valence-corrected chi connectivity index (χ0v) is 16.3. The van der Waals surface area contributed by atoms with Gasteiger partial charge < -0.3 is 10.2 Å². The highest BCUT2D eigenvalue weighted by molar-refractivity contribution is 7.14. The van der Waals surface area contributed by atoms with Crippen molar-refractivity contribution >= 4 is 39.7 Å². The van der Waals surface area contributed by atoms with Gasteiger partial charge in [0.1, 0.15) is 5.38 Å². The van der Waals surface area contributed by atoms with Crippen molar-refractivity contribution in [3.05, 3.63) is 65.5 Å². The lowest BCUT2D eigenvalue weighted by atomic mass is 10.1. The van der Waals surface area contributed by atoms with E-state index in [0.717, 1.165) is 40.7 Å². The molecule has 1 unspecified atom stereocenters. The number of hydrogen-bond acceptors (Lipinski definition) is 4. The van der Waals surface area contributed by atoms with Crippen LogP contribution in [0.25, 0.3) is 11.3 Å². The predicted molar refractivity (Wildman–Crippen MR) is 113 cm³/mol. The summed E-state index contributed by atoms with van der Waals surface area (Å²) in [5.41, 5.74) is 3.52. The van der Waals surface area contributed by atoms with Crippen molar-refractivity contribution in [1.29, 1.82) is 0 Å². The molecule has 0 saturated carbocycles. The first-order chi connectivity index (χ1) is 13.2. The van der Waals surface area contributed by atoms with Crippen molar-refractivity contribution in [2.45, 2.75) is 18.2 Å². The van der Waals surface area contributed by atoms with Crippen LogP contribution in [0.5, 0.6) is 0 Å². The number of thiazole rings is 1. The molecule has 27 heavy (non-hydrogen) atoms. The van der Waals surface area contributed by atoms with Crippen LogP contribution in [0.15, 0.2) is 60.0 Å². The summed E-state index contributed by atoms with van der Waals surface area (Å²) in [7, 11) is 0. The van der Waals surface area contributed by atoms with Gasteiger partial charge in [-0.25, -0.2) is 4.98 Å². The van der Waals surface area contributed by atoms with E-state index in [1.165, 1.54) is 12.8 Å². The molecule has 0 bridgehead atoms. The summed E-state index contributed by atoms with van der Waals surface area (Å²) in [6.07, 6.45) is 2.49. The number of benzene rings is 2. The van der Waals surface area contributed by atoms with Gasteiger partial charge in [-0.05, 0) is 30.5 Å². The minimum absolute atomic E-state index is 0.236. The minimum Gasteiger partial charge on any atom is -0.348 e. The highest BCUT2D eigenvalue weighted by atomic mass is 35.5. The van der Waals surface area contributed by atoms with Crippen LogP contribution in [0.1, 0.15) is 23.8 Å². The van der Waals surface area contributed by atoms with Gasteiger partial charge in [0.15, 0.2) is 5.13 Å². The van der Waals surface area contributed by atoms with Crippen LogP contribution in [0.3, 0.4) is 0 Å². The number of nitrogens with zero attached hydrogens (tertiary/aromatic N) is 2. The molecule has 0 spiro atoms. The van der Waals surface area contributed by atoms with E-state index >= 15 is 0 Å². The van der Waals surface area contributed by atoms with Crippen LogP contribution in [0.2, 0.25) is 0 Å². The van der Waals surface area contributed by atoms with Gasteiger partial charge in [-0.15, -0.1) is 22.9 Å². The van der Waals surface area contributed by atoms with Gasteiger partial charge in [-0.1, -0.05) is 42.5 Å². The molecule has 6 heteroatoms. The largest absolute Gasteiger partial charge is 0.348 e. The molecule has 1 aromatic heterocycles. The Kier molecular flexibility index (Phi) is 5.41. The maximum atomic E-state index is 12.4. The lowest BCUT2D eigenvalue weighted by Gasteiger charge is -2.12. The number of alkyl halides is 1. The third-order valence-corrected chi connectivity index (χ3v) is 5.99. The number of carbonyl (C=O) groups excluding carboxylic acids is 1. The fraction of sp³-hybridized carbons (Fsp3) is 0.238. The molecule has 4 nitrogen and oxygen atoms in total. The molecule has 0 aliphatic carbocycles. The quantitative estimate of drug-likeness (QED) is 0.592. The normalized spacial score (nSPS) is 14.9. The summed E-state index contributed by atoms with van der Waals surface area (Å²) in [6, 6.07) is 17.1. The summed E-state index contributed by atoms with van der Waals surface area (Å²) in [5.74, 6) is -0.236. The molecule has 0 radical (unpaired) electrons. The van der Waals surface area contributed by atoms with Crippen molar-refractivity contribution in [1.82, 2.24) is 4.98 Å². The Morgan fingerprint density at radius 3 is 2.48 bits per heavy atom. The summed E-state index contributed by atoms with van der Waals surface area (Å²) in [4.78, 5) is 19.5. The Labute approximate surface area is 167 Å². The molecular weight excluding hydrogens is 378 g/mol. The molecule has 1 aliphatic heterocycles. The van der Waals surface area contributed by atoms with Crippen LogP contribution < -0.4 is 10.2 Å². The SMILES string of the molecule is O=C(Nc1ccc(-c2csc(N3CCCC3)n2)cc1)C(Cl)c1ccccc1. The fourth-order valence-electron chi connectivity index (χ4n) is 3.15. The van der Waals surface area contributed by atoms with Crippen LogP contribution in [0.4, 0.5) is 10.8 Å². The molecule has 1 N–H and O–H groups in total. The molecule has 1 aliphatic rings. The molecular formula is C21H20ClN3OS.